The van der Waals surface area contributed by atoms with Gasteiger partial charge in [0.25, 0.3) is 0 Å². The topological polar surface area (TPSA) is 26.3 Å². The van der Waals surface area contributed by atoms with E-state index in [9.17, 15) is 4.79 Å². The van der Waals surface area contributed by atoms with Crippen LogP contribution in [0.5, 0.6) is 5.75 Å². The van der Waals surface area contributed by atoms with Crippen molar-refractivity contribution in [2.75, 3.05) is 0 Å². The molecule has 4 heteroatoms. The van der Waals surface area contributed by atoms with Crippen LogP contribution < -0.4 is 10.0 Å². The molecule has 1 radical (unpaired) electrons. The molecule has 0 saturated heterocycles. The van der Waals surface area contributed by atoms with Gasteiger partial charge in [0.2, 0.25) is 0 Å². The van der Waals surface area contributed by atoms with E-state index in [4.69, 9.17) is 4.74 Å². The molecular weight excluding hydrogens is 298 g/mol. The first-order chi connectivity index (χ1) is 10.4. The van der Waals surface area contributed by atoms with Crippen LogP contribution >= 0.6 is 8.58 Å². The second-order valence-electron chi connectivity index (χ2n) is 5.86. The Morgan fingerprint density at radius 2 is 1.61 bits per heavy atom. The number of benzene rings is 2. The van der Waals surface area contributed by atoms with Crippen molar-refractivity contribution in [2.45, 2.75) is 40.7 Å². The van der Waals surface area contributed by atoms with Gasteiger partial charge in [-0.25, -0.2) is 0 Å². The van der Waals surface area contributed by atoms with Crippen LogP contribution in [0.1, 0.15) is 40.9 Å². The monoisotopic (exact) mass is 321 g/mol. The number of rotatable bonds is 5. The first-order valence-corrected chi connectivity index (χ1v) is 8.53. The van der Waals surface area contributed by atoms with Crippen molar-refractivity contribution in [3.05, 3.63) is 58.7 Å². The van der Waals surface area contributed by atoms with Crippen LogP contribution in [0.4, 0.5) is 0 Å². The van der Waals surface area contributed by atoms with Crippen LogP contribution in [0.15, 0.2) is 36.4 Å². The first-order valence-electron chi connectivity index (χ1n) is 7.53. The molecule has 0 N–H and O–H groups in total. The van der Waals surface area contributed by atoms with Crippen LogP contribution in [-0.4, -0.2) is 30.5 Å². The quantitative estimate of drug-likeness (QED) is 0.610. The minimum absolute atomic E-state index is 0. The van der Waals surface area contributed by atoms with E-state index in [0.29, 0.717) is 0 Å². The Hall–Kier alpha value is -1.06. The molecule has 2 rings (SSSR count). The fourth-order valence-corrected chi connectivity index (χ4v) is 3.68. The van der Waals surface area contributed by atoms with Crippen LogP contribution in [0.3, 0.4) is 0 Å². The van der Waals surface area contributed by atoms with Crippen molar-refractivity contribution in [3.8, 4) is 5.75 Å². The number of hydrogen-bond donors (Lipinski definition) is 0. The Labute approximate surface area is 153 Å². The number of hydrogen-bond acceptors (Lipinski definition) is 2. The molecule has 0 bridgehead atoms. The van der Waals surface area contributed by atoms with Gasteiger partial charge < -0.3 is 4.74 Å². The Morgan fingerprint density at radius 3 is 2.13 bits per heavy atom. The summed E-state index contributed by atoms with van der Waals surface area (Å²) in [7, 11) is 0.145. The van der Waals surface area contributed by atoms with Gasteiger partial charge in [-0.15, -0.1) is 0 Å². The third kappa shape index (κ3) is 5.22. The fraction of sp³-hybridized carbons (Fsp3) is 0.316. The number of ether oxygens (including phenoxy) is 1. The molecule has 0 aliphatic rings. The summed E-state index contributed by atoms with van der Waals surface area (Å²) < 4.78 is 5.70. The summed E-state index contributed by atoms with van der Waals surface area (Å²) >= 11 is 0. The molecule has 1 unspecified atom stereocenters. The van der Waals surface area contributed by atoms with E-state index in [1.165, 1.54) is 0 Å². The van der Waals surface area contributed by atoms with Crippen LogP contribution in [0.2, 0.25) is 0 Å². The molecule has 23 heavy (non-hydrogen) atoms. The molecule has 0 aliphatic carbocycles. The van der Waals surface area contributed by atoms with E-state index in [2.05, 4.69) is 0 Å². The molecular formula is C19H23LiO2P. The third-order valence-electron chi connectivity index (χ3n) is 3.53. The van der Waals surface area contributed by atoms with Crippen molar-refractivity contribution in [1.29, 1.82) is 0 Å². The number of aryl methyl sites for hydroxylation is 3. The molecule has 0 aromatic heterocycles. The minimum Gasteiger partial charge on any atom is -0.491 e. The van der Waals surface area contributed by atoms with E-state index < -0.39 is 0 Å². The second kappa shape index (κ2) is 8.70. The van der Waals surface area contributed by atoms with E-state index >= 15 is 0 Å². The van der Waals surface area contributed by atoms with Gasteiger partial charge in [0.15, 0.2) is 5.52 Å². The Morgan fingerprint density at radius 1 is 1.00 bits per heavy atom. The molecule has 2 nitrogen and oxygen atoms in total. The molecule has 117 valence electrons. The fourth-order valence-electron chi connectivity index (χ4n) is 2.48. The Bertz CT molecular complexity index is 676. The smallest absolute Gasteiger partial charge is 0.186 e. The predicted octanol–water partition coefficient (Wildman–Crippen LogP) is 4.16. The molecule has 0 fully saturated rings. The van der Waals surface area contributed by atoms with Gasteiger partial charge in [-0.05, 0) is 77.3 Å². The molecule has 2 aromatic rings. The number of carbonyl (C=O) groups excluding carboxylic acids is 1. The largest absolute Gasteiger partial charge is 0.491 e. The maximum atomic E-state index is 12.7. The van der Waals surface area contributed by atoms with Gasteiger partial charge in [-0.2, -0.15) is 0 Å². The number of carbonyl (C=O) groups is 1. The average molecular weight is 321 g/mol. The van der Waals surface area contributed by atoms with E-state index in [-0.39, 0.29) is 39.1 Å². The summed E-state index contributed by atoms with van der Waals surface area (Å²) in [6.45, 7) is 10.0. The van der Waals surface area contributed by atoms with Crippen molar-refractivity contribution < 1.29 is 9.53 Å². The molecule has 0 saturated carbocycles. The normalized spacial score (nSPS) is 10.9. The zero-order valence-electron chi connectivity index (χ0n) is 14.9. The van der Waals surface area contributed by atoms with Crippen molar-refractivity contribution in [2.24, 2.45) is 0 Å². The molecule has 0 aliphatic heterocycles. The predicted molar refractivity (Wildman–Crippen MR) is 101 cm³/mol. The maximum absolute atomic E-state index is 12.7. The molecule has 0 amide bonds. The third-order valence-corrected chi connectivity index (χ3v) is 4.83. The van der Waals surface area contributed by atoms with Crippen molar-refractivity contribution in [1.82, 2.24) is 0 Å². The summed E-state index contributed by atoms with van der Waals surface area (Å²) in [5, 5.41) is 1.09. The molecule has 0 spiro atoms. The summed E-state index contributed by atoms with van der Waals surface area (Å²) in [5.74, 6) is 0.862. The maximum Gasteiger partial charge on any atom is 0.186 e. The standard InChI is InChI=1S/C19H23O2P.Li/c1-12(2)21-16-9-10-17(15(5)11-16)22-19(20)18-13(3)7-6-8-14(18)4;/h6-12,22H,1-5H3;. The Balaban J connectivity index is 0.00000264. The van der Waals surface area contributed by atoms with Gasteiger partial charge >= 0.3 is 0 Å². The van der Waals surface area contributed by atoms with Crippen LogP contribution in [0, 0.1) is 20.8 Å². The zero-order chi connectivity index (χ0) is 16.3. The van der Waals surface area contributed by atoms with Gasteiger partial charge in [-0.3, -0.25) is 4.79 Å². The van der Waals surface area contributed by atoms with Gasteiger partial charge in [0.1, 0.15) is 5.75 Å². The molecule has 0 heterocycles. The SMILES string of the molecule is Cc1cc(OC(C)C)ccc1PC(=O)c1c(C)cccc1C.[Li]. The summed E-state index contributed by atoms with van der Waals surface area (Å²) in [4.78, 5) is 12.7. The van der Waals surface area contributed by atoms with Crippen molar-refractivity contribution in [3.63, 3.8) is 0 Å². The Kier molecular flexibility index (Phi) is 7.55. The van der Waals surface area contributed by atoms with Crippen LogP contribution in [0.25, 0.3) is 0 Å². The summed E-state index contributed by atoms with van der Waals surface area (Å²) in [6.07, 6.45) is 0.156. The van der Waals surface area contributed by atoms with Gasteiger partial charge in [-0.1, -0.05) is 24.3 Å². The zero-order valence-corrected chi connectivity index (χ0v) is 15.9. The van der Waals surface area contributed by atoms with Gasteiger partial charge in [0.05, 0.1) is 6.10 Å². The minimum atomic E-state index is 0. The van der Waals surface area contributed by atoms with E-state index in [0.717, 1.165) is 33.3 Å². The van der Waals surface area contributed by atoms with Crippen molar-refractivity contribution >= 4 is 38.3 Å². The first kappa shape index (κ1) is 20.0. The summed E-state index contributed by atoms with van der Waals surface area (Å²) in [5.41, 5.74) is 4.28. The van der Waals surface area contributed by atoms with E-state index in [1.54, 1.807) is 0 Å². The molecule has 2 aromatic carbocycles. The van der Waals surface area contributed by atoms with Gasteiger partial charge in [0, 0.05) is 24.4 Å². The van der Waals surface area contributed by atoms with E-state index in [1.807, 2.05) is 71.0 Å². The summed E-state index contributed by atoms with van der Waals surface area (Å²) in [6, 6.07) is 12.0. The molecule has 1 atom stereocenters. The van der Waals surface area contributed by atoms with Crippen LogP contribution in [-0.2, 0) is 0 Å². The second-order valence-corrected chi connectivity index (χ2v) is 7.11. The average Bonchev–Trinajstić information content (AvgIpc) is 2.41.